The second kappa shape index (κ2) is 6.59. The number of benzene rings is 2. The van der Waals surface area contributed by atoms with Crippen molar-refractivity contribution in [2.75, 3.05) is 0 Å². The zero-order valence-electron chi connectivity index (χ0n) is 14.6. The Bertz CT molecular complexity index is 736. The highest BCUT2D eigenvalue weighted by Gasteiger charge is 2.35. The normalized spacial score (nSPS) is 16.2. The summed E-state index contributed by atoms with van der Waals surface area (Å²) in [6, 6.07) is 14.8. The predicted molar refractivity (Wildman–Crippen MR) is 94.8 cm³/mol. The zero-order chi connectivity index (χ0) is 18.2. The fourth-order valence-electron chi connectivity index (χ4n) is 3.26. The molecule has 0 amide bonds. The Balaban J connectivity index is 1.84. The molecule has 3 N–H and O–H groups in total. The van der Waals surface area contributed by atoms with Crippen LogP contribution in [0.1, 0.15) is 38.0 Å². The van der Waals surface area contributed by atoms with E-state index in [9.17, 15) is 15.0 Å². The lowest BCUT2D eigenvalue weighted by molar-refractivity contribution is -0.167. The molecule has 5 nitrogen and oxygen atoms in total. The Morgan fingerprint density at radius 3 is 1.96 bits per heavy atom. The van der Waals surface area contributed by atoms with Crippen LogP contribution in [0.25, 0.3) is 11.1 Å². The fourth-order valence-corrected chi connectivity index (χ4v) is 3.26. The third-order valence-electron chi connectivity index (χ3n) is 4.46. The van der Waals surface area contributed by atoms with E-state index in [0.29, 0.717) is 0 Å². The van der Waals surface area contributed by atoms with Crippen LogP contribution in [0.15, 0.2) is 48.5 Å². The predicted octanol–water partition coefficient (Wildman–Crippen LogP) is 3.14. The van der Waals surface area contributed by atoms with E-state index >= 15 is 0 Å². The molecular weight excluding hydrogens is 318 g/mol. The van der Waals surface area contributed by atoms with Gasteiger partial charge in [-0.3, -0.25) is 10.1 Å². The third-order valence-corrected chi connectivity index (χ3v) is 4.46. The van der Waals surface area contributed by atoms with Gasteiger partial charge in [0, 0.05) is 0 Å². The van der Waals surface area contributed by atoms with Crippen LogP contribution in [0.4, 0.5) is 0 Å². The molecule has 2 aromatic rings. The van der Waals surface area contributed by atoms with Crippen molar-refractivity contribution in [2.24, 2.45) is 5.41 Å². The first-order valence-corrected chi connectivity index (χ1v) is 8.29. The molecule has 0 saturated heterocycles. The summed E-state index contributed by atoms with van der Waals surface area (Å²) in [5, 5.41) is 22.4. The molecule has 0 saturated carbocycles. The number of fused-ring (bicyclic) bond motifs is 3. The summed E-state index contributed by atoms with van der Waals surface area (Å²) in [7, 11) is 0. The minimum atomic E-state index is -1.40. The number of hydrogen-bond donors (Lipinski definition) is 3. The molecule has 0 radical (unpaired) electrons. The van der Waals surface area contributed by atoms with Crippen LogP contribution < -0.4 is 5.32 Å². The molecule has 1 unspecified atom stereocenters. The van der Waals surface area contributed by atoms with Crippen molar-refractivity contribution in [1.82, 2.24) is 5.32 Å². The van der Waals surface area contributed by atoms with Gasteiger partial charge in [0.15, 0.2) is 0 Å². The van der Waals surface area contributed by atoms with Crippen LogP contribution in [0.5, 0.6) is 0 Å². The lowest BCUT2D eigenvalue weighted by Gasteiger charge is -2.31. The Morgan fingerprint density at radius 2 is 1.52 bits per heavy atom. The van der Waals surface area contributed by atoms with Crippen LogP contribution in [-0.4, -0.2) is 28.6 Å². The zero-order valence-corrected chi connectivity index (χ0v) is 14.6. The molecule has 3 rings (SSSR count). The second-order valence-electron chi connectivity index (χ2n) is 7.35. The van der Waals surface area contributed by atoms with E-state index in [0.717, 1.165) is 22.3 Å². The van der Waals surface area contributed by atoms with E-state index in [4.69, 9.17) is 4.74 Å². The summed E-state index contributed by atoms with van der Waals surface area (Å²) in [5.74, 6) is -1.03. The molecule has 1 aliphatic rings. The van der Waals surface area contributed by atoms with Crippen molar-refractivity contribution >= 4 is 5.97 Å². The van der Waals surface area contributed by atoms with Crippen molar-refractivity contribution < 1.29 is 19.7 Å². The summed E-state index contributed by atoms with van der Waals surface area (Å²) in [4.78, 5) is 11.5. The first kappa shape index (κ1) is 17.6. The van der Waals surface area contributed by atoms with Crippen LogP contribution in [0, 0.1) is 5.41 Å². The molecule has 0 spiro atoms. The number of carbonyl (C=O) groups is 1. The number of hydrogen-bond acceptors (Lipinski definition) is 4. The number of carboxylic acids is 1. The van der Waals surface area contributed by atoms with E-state index in [1.807, 2.05) is 48.5 Å². The van der Waals surface area contributed by atoms with Gasteiger partial charge in [-0.05, 0) is 27.7 Å². The Morgan fingerprint density at radius 1 is 1.04 bits per heavy atom. The maximum absolute atomic E-state index is 11.5. The topological polar surface area (TPSA) is 78.8 Å². The lowest BCUT2D eigenvalue weighted by atomic mass is 9.87. The number of nitrogens with one attached hydrogen (secondary N) is 1. The Hall–Kier alpha value is -2.21. The lowest BCUT2D eigenvalue weighted by Crippen LogP contribution is -2.51. The van der Waals surface area contributed by atoms with Crippen LogP contribution in [-0.2, 0) is 9.53 Å². The summed E-state index contributed by atoms with van der Waals surface area (Å²) >= 11 is 0. The monoisotopic (exact) mass is 341 g/mol. The molecule has 0 heterocycles. The van der Waals surface area contributed by atoms with Gasteiger partial charge in [-0.25, -0.2) is 0 Å². The van der Waals surface area contributed by atoms with Crippen LogP contribution >= 0.6 is 0 Å². The molecular formula is C20H23NO4. The van der Waals surface area contributed by atoms with Gasteiger partial charge < -0.3 is 14.9 Å². The number of ether oxygens (including phenoxy) is 1. The highest BCUT2D eigenvalue weighted by Crippen LogP contribution is 2.45. The van der Waals surface area contributed by atoms with E-state index in [-0.39, 0.29) is 0 Å². The number of carboxylic acid groups (broad SMARTS) is 1. The van der Waals surface area contributed by atoms with Crippen molar-refractivity contribution in [3.63, 3.8) is 0 Å². The molecule has 5 heteroatoms. The molecule has 0 aromatic heterocycles. The average molecular weight is 341 g/mol. The first-order valence-electron chi connectivity index (χ1n) is 8.29. The first-order chi connectivity index (χ1) is 11.8. The van der Waals surface area contributed by atoms with E-state index in [2.05, 4.69) is 5.32 Å². The van der Waals surface area contributed by atoms with E-state index in [1.54, 1.807) is 20.8 Å². The standard InChI is InChI=1S/C20H23NO4/c1-20(2,3)17(18(22)23)21-19(24)25-16-14-10-6-4-8-12(14)13-9-5-7-11-15(13)16/h4-11,16-17,19,21,24H,1-3H3,(H,22,23)/t17-,19?/m1/s1. The Labute approximate surface area is 147 Å². The van der Waals surface area contributed by atoms with Crippen molar-refractivity contribution in [2.45, 2.75) is 39.3 Å². The largest absolute Gasteiger partial charge is 0.480 e. The third kappa shape index (κ3) is 3.44. The number of aliphatic carboxylic acids is 1. The van der Waals surface area contributed by atoms with E-state index < -0.39 is 29.9 Å². The van der Waals surface area contributed by atoms with E-state index in [1.165, 1.54) is 0 Å². The van der Waals surface area contributed by atoms with Gasteiger partial charge in [-0.1, -0.05) is 69.3 Å². The number of aliphatic hydroxyl groups excluding tert-OH is 1. The molecule has 132 valence electrons. The van der Waals surface area contributed by atoms with Crippen molar-refractivity contribution in [1.29, 1.82) is 0 Å². The minimum Gasteiger partial charge on any atom is -0.480 e. The quantitative estimate of drug-likeness (QED) is 0.728. The summed E-state index contributed by atoms with van der Waals surface area (Å²) < 4.78 is 5.82. The van der Waals surface area contributed by atoms with Crippen LogP contribution in [0.2, 0.25) is 0 Å². The van der Waals surface area contributed by atoms with Gasteiger partial charge in [-0.2, -0.15) is 0 Å². The van der Waals surface area contributed by atoms with Crippen molar-refractivity contribution in [3.8, 4) is 11.1 Å². The fraction of sp³-hybridized carbons (Fsp3) is 0.350. The molecule has 0 aliphatic heterocycles. The smallest absolute Gasteiger partial charge is 0.321 e. The summed E-state index contributed by atoms with van der Waals surface area (Å²) in [5.41, 5.74) is 3.50. The van der Waals surface area contributed by atoms with Crippen LogP contribution in [0.3, 0.4) is 0 Å². The molecule has 25 heavy (non-hydrogen) atoms. The SMILES string of the molecule is CC(C)(C)[C@H](NC(O)OC1c2ccccc2-c2ccccc21)C(=O)O. The Kier molecular flexibility index (Phi) is 4.64. The van der Waals surface area contributed by atoms with Gasteiger partial charge >= 0.3 is 5.97 Å². The maximum Gasteiger partial charge on any atom is 0.321 e. The highest BCUT2D eigenvalue weighted by atomic mass is 16.6. The van der Waals surface area contributed by atoms with Crippen molar-refractivity contribution in [3.05, 3.63) is 59.7 Å². The minimum absolute atomic E-state index is 0.440. The highest BCUT2D eigenvalue weighted by molar-refractivity contribution is 5.78. The number of rotatable bonds is 5. The molecule has 0 fully saturated rings. The second-order valence-corrected chi connectivity index (χ2v) is 7.35. The maximum atomic E-state index is 11.5. The molecule has 2 atom stereocenters. The number of aliphatic hydroxyl groups is 1. The molecule has 2 aromatic carbocycles. The van der Waals surface area contributed by atoms with Gasteiger partial charge in [0.2, 0.25) is 6.41 Å². The summed E-state index contributed by atoms with van der Waals surface area (Å²) in [6.07, 6.45) is -1.84. The molecule has 0 bridgehead atoms. The van der Waals surface area contributed by atoms with Gasteiger partial charge in [0.1, 0.15) is 12.1 Å². The molecule has 1 aliphatic carbocycles. The van der Waals surface area contributed by atoms with Gasteiger partial charge in [0.05, 0.1) is 0 Å². The van der Waals surface area contributed by atoms with Gasteiger partial charge in [-0.15, -0.1) is 0 Å². The summed E-state index contributed by atoms with van der Waals surface area (Å²) in [6.45, 7) is 5.39. The average Bonchev–Trinajstić information content (AvgIpc) is 2.86. The van der Waals surface area contributed by atoms with Gasteiger partial charge in [0.25, 0.3) is 0 Å².